The van der Waals surface area contributed by atoms with Crippen molar-refractivity contribution in [2.75, 3.05) is 20.1 Å². The van der Waals surface area contributed by atoms with Gasteiger partial charge in [-0.05, 0) is 97.0 Å². The third-order valence-electron chi connectivity index (χ3n) is 8.91. The van der Waals surface area contributed by atoms with Crippen molar-refractivity contribution in [3.8, 4) is 16.9 Å². The number of para-hydroxylation sites is 2. The maximum atomic E-state index is 14.4. The van der Waals surface area contributed by atoms with E-state index >= 15 is 0 Å². The van der Waals surface area contributed by atoms with Gasteiger partial charge in [0, 0.05) is 12.1 Å². The van der Waals surface area contributed by atoms with Crippen molar-refractivity contribution >= 4 is 16.9 Å². The molecule has 1 unspecified atom stereocenters. The van der Waals surface area contributed by atoms with Crippen LogP contribution in [-0.4, -0.2) is 50.9 Å². The number of aromatic hydroxyl groups is 1. The first-order valence-corrected chi connectivity index (χ1v) is 14.6. The van der Waals surface area contributed by atoms with Crippen LogP contribution in [0.25, 0.3) is 22.2 Å². The van der Waals surface area contributed by atoms with Gasteiger partial charge < -0.3 is 19.9 Å². The number of halogens is 1. The van der Waals surface area contributed by atoms with Gasteiger partial charge >= 0.3 is 0 Å². The number of H-pyrrole nitrogens is 1. The first-order chi connectivity index (χ1) is 20.4. The summed E-state index contributed by atoms with van der Waals surface area (Å²) < 4.78 is 14.4. The lowest BCUT2D eigenvalue weighted by atomic mass is 9.88. The number of benzene rings is 4. The number of aromatic amines is 1. The van der Waals surface area contributed by atoms with Crippen LogP contribution in [0.3, 0.4) is 0 Å². The maximum absolute atomic E-state index is 14.4. The second-order valence-electron chi connectivity index (χ2n) is 11.6. The zero-order chi connectivity index (χ0) is 28.8. The van der Waals surface area contributed by atoms with Gasteiger partial charge in [-0.2, -0.15) is 0 Å². The number of phenols is 1. The third kappa shape index (κ3) is 4.94. The number of imidazole rings is 1. The minimum absolute atomic E-state index is 0.0838. The summed E-state index contributed by atoms with van der Waals surface area (Å²) in [6, 6.07) is 25.8. The molecular weight excluding hydrogens is 527 g/mol. The summed E-state index contributed by atoms with van der Waals surface area (Å²) in [7, 11) is 2.18. The number of rotatable bonds is 5. The third-order valence-corrected chi connectivity index (χ3v) is 8.91. The molecule has 0 spiro atoms. The highest BCUT2D eigenvalue weighted by Crippen LogP contribution is 2.38. The summed E-state index contributed by atoms with van der Waals surface area (Å²) in [5, 5.41) is 10.8. The summed E-state index contributed by atoms with van der Waals surface area (Å²) in [5.74, 6) is 0.418. The van der Waals surface area contributed by atoms with E-state index in [4.69, 9.17) is 4.98 Å². The van der Waals surface area contributed by atoms with Gasteiger partial charge in [0.2, 0.25) is 5.91 Å². The van der Waals surface area contributed by atoms with E-state index in [-0.39, 0.29) is 18.1 Å². The molecule has 1 amide bonds. The number of nitrogens with one attached hydrogen (secondary N) is 1. The second kappa shape index (κ2) is 10.7. The number of carbonyl (C=O) groups is 1. The quantitative estimate of drug-likeness (QED) is 0.255. The van der Waals surface area contributed by atoms with Gasteiger partial charge in [-0.1, -0.05) is 54.6 Å². The molecule has 2 aliphatic rings. The Kier molecular flexibility index (Phi) is 6.75. The Morgan fingerprint density at radius 1 is 0.929 bits per heavy atom. The predicted molar refractivity (Wildman–Crippen MR) is 162 cm³/mol. The van der Waals surface area contributed by atoms with Crippen LogP contribution in [0.5, 0.6) is 5.75 Å². The number of piperidine rings is 1. The predicted octanol–water partition coefficient (Wildman–Crippen LogP) is 6.56. The van der Waals surface area contributed by atoms with Gasteiger partial charge in [0.25, 0.3) is 0 Å². The van der Waals surface area contributed by atoms with E-state index in [0.29, 0.717) is 23.9 Å². The first-order valence-electron chi connectivity index (χ1n) is 14.6. The van der Waals surface area contributed by atoms with Gasteiger partial charge in [0.1, 0.15) is 23.4 Å². The molecule has 2 N–H and O–H groups in total. The van der Waals surface area contributed by atoms with Gasteiger partial charge in [-0.3, -0.25) is 4.79 Å². The van der Waals surface area contributed by atoms with Crippen molar-refractivity contribution in [1.29, 1.82) is 0 Å². The Balaban J connectivity index is 1.19. The molecule has 1 fully saturated rings. The SMILES string of the molecule is CN1CCC(c2ccc(-c3ccc4c(c3)CC(=O)N(C(c3nc5ccccc5[nH]3)c3cc(F)ccc3O)C4)cc2)CC1. The summed E-state index contributed by atoms with van der Waals surface area (Å²) in [5.41, 5.74) is 7.48. The zero-order valence-corrected chi connectivity index (χ0v) is 23.6. The number of likely N-dealkylation sites (tertiary alicyclic amines) is 1. The highest BCUT2D eigenvalue weighted by atomic mass is 19.1. The van der Waals surface area contributed by atoms with Gasteiger partial charge in [-0.25, -0.2) is 9.37 Å². The van der Waals surface area contributed by atoms with Gasteiger partial charge in [-0.15, -0.1) is 0 Å². The van der Waals surface area contributed by atoms with Crippen LogP contribution >= 0.6 is 0 Å². The first kappa shape index (κ1) is 26.4. The number of carbonyl (C=O) groups excluding carboxylic acids is 1. The second-order valence-corrected chi connectivity index (χ2v) is 11.6. The van der Waals surface area contributed by atoms with Crippen molar-refractivity contribution in [1.82, 2.24) is 19.8 Å². The van der Waals surface area contributed by atoms with E-state index in [1.807, 2.05) is 24.3 Å². The highest BCUT2D eigenvalue weighted by molar-refractivity contribution is 5.83. The Bertz CT molecular complexity index is 1740. The number of nitrogens with zero attached hydrogens (tertiary/aromatic N) is 3. The fourth-order valence-electron chi connectivity index (χ4n) is 6.49. The monoisotopic (exact) mass is 560 g/mol. The minimum atomic E-state index is -0.777. The van der Waals surface area contributed by atoms with E-state index in [1.165, 1.54) is 36.6 Å². The molecule has 212 valence electrons. The highest BCUT2D eigenvalue weighted by Gasteiger charge is 2.35. The van der Waals surface area contributed by atoms with Crippen molar-refractivity contribution in [2.45, 2.75) is 37.8 Å². The number of aromatic nitrogens is 2. The number of phenolic OH excluding ortho intramolecular Hbond substituents is 1. The van der Waals surface area contributed by atoms with Crippen LogP contribution in [0.4, 0.5) is 4.39 Å². The van der Waals surface area contributed by atoms with Crippen molar-refractivity contribution in [2.24, 2.45) is 0 Å². The zero-order valence-electron chi connectivity index (χ0n) is 23.6. The Labute approximate surface area is 244 Å². The molecule has 4 aromatic carbocycles. The molecule has 2 aliphatic heterocycles. The molecule has 1 aromatic heterocycles. The van der Waals surface area contributed by atoms with Crippen LogP contribution in [0.15, 0.2) is 84.9 Å². The molecule has 1 atom stereocenters. The number of amides is 1. The van der Waals surface area contributed by atoms with Gasteiger partial charge in [0.05, 0.1) is 17.5 Å². The molecule has 7 rings (SSSR count). The molecule has 0 radical (unpaired) electrons. The normalized spacial score (nSPS) is 17.0. The average molecular weight is 561 g/mol. The van der Waals surface area contributed by atoms with E-state index in [9.17, 15) is 14.3 Å². The summed E-state index contributed by atoms with van der Waals surface area (Å²) >= 11 is 0. The van der Waals surface area contributed by atoms with Crippen molar-refractivity contribution in [3.63, 3.8) is 0 Å². The molecule has 7 heteroatoms. The molecule has 3 heterocycles. The van der Waals surface area contributed by atoms with Crippen molar-refractivity contribution < 1.29 is 14.3 Å². The summed E-state index contributed by atoms with van der Waals surface area (Å²) in [6.07, 6.45) is 2.59. The van der Waals surface area contributed by atoms with Crippen molar-refractivity contribution in [3.05, 3.63) is 119 Å². The van der Waals surface area contributed by atoms with Gasteiger partial charge in [0.15, 0.2) is 0 Å². The number of hydrogen-bond acceptors (Lipinski definition) is 4. The van der Waals surface area contributed by atoms with Crippen LogP contribution in [-0.2, 0) is 17.8 Å². The Morgan fingerprint density at radius 2 is 1.69 bits per heavy atom. The average Bonchev–Trinajstić information content (AvgIpc) is 3.43. The van der Waals surface area contributed by atoms with E-state index in [1.54, 1.807) is 4.90 Å². The smallest absolute Gasteiger partial charge is 0.228 e. The van der Waals surface area contributed by atoms with Crippen LogP contribution < -0.4 is 0 Å². The molecular formula is C35H33FN4O2. The van der Waals surface area contributed by atoms with Crippen LogP contribution in [0.2, 0.25) is 0 Å². The standard InChI is InChI=1S/C35H33FN4O2/c1-39-16-14-24(15-17-39)22-6-8-23(9-7-22)25-10-11-26-21-40(33(42)19-27(26)18-25)34(29-20-28(36)12-13-32(29)41)35-37-30-4-2-3-5-31(30)38-35/h2-13,18,20,24,34,41H,14-17,19,21H2,1H3,(H,37,38). The molecule has 0 aliphatic carbocycles. The minimum Gasteiger partial charge on any atom is -0.508 e. The maximum Gasteiger partial charge on any atom is 0.228 e. The van der Waals surface area contributed by atoms with Crippen LogP contribution in [0, 0.1) is 5.82 Å². The fourth-order valence-corrected chi connectivity index (χ4v) is 6.49. The van der Waals surface area contributed by atoms with E-state index < -0.39 is 11.9 Å². The number of hydrogen-bond donors (Lipinski definition) is 2. The van der Waals surface area contributed by atoms with Crippen LogP contribution in [0.1, 0.15) is 52.9 Å². The van der Waals surface area contributed by atoms with E-state index in [2.05, 4.69) is 59.4 Å². The molecule has 1 saturated heterocycles. The lowest BCUT2D eigenvalue weighted by Gasteiger charge is -2.35. The summed E-state index contributed by atoms with van der Waals surface area (Å²) in [4.78, 5) is 25.9. The molecule has 6 nitrogen and oxygen atoms in total. The Morgan fingerprint density at radius 3 is 2.48 bits per heavy atom. The molecule has 42 heavy (non-hydrogen) atoms. The molecule has 0 saturated carbocycles. The van der Waals surface area contributed by atoms with E-state index in [0.717, 1.165) is 46.4 Å². The molecule has 0 bridgehead atoms. The Hall–Kier alpha value is -4.49. The molecule has 5 aromatic rings. The number of fused-ring (bicyclic) bond motifs is 2. The lowest BCUT2D eigenvalue weighted by Crippen LogP contribution is -2.40. The topological polar surface area (TPSA) is 72.5 Å². The largest absolute Gasteiger partial charge is 0.508 e. The lowest BCUT2D eigenvalue weighted by molar-refractivity contribution is -0.133. The summed E-state index contributed by atoms with van der Waals surface area (Å²) in [6.45, 7) is 2.60. The fraction of sp³-hybridized carbons (Fsp3) is 0.257.